The van der Waals surface area contributed by atoms with Gasteiger partial charge < -0.3 is 9.88 Å². The first kappa shape index (κ1) is 13.1. The molecule has 3 nitrogen and oxygen atoms in total. The number of hydrogen-bond acceptors (Lipinski definition) is 2. The minimum absolute atomic E-state index is 0.0896. The first-order chi connectivity index (χ1) is 8.46. The lowest BCUT2D eigenvalue weighted by molar-refractivity contribution is 0.424. The summed E-state index contributed by atoms with van der Waals surface area (Å²) in [6.07, 6.45) is 5.42. The topological polar surface area (TPSA) is 29.9 Å². The van der Waals surface area contributed by atoms with Crippen LogP contribution in [0.15, 0.2) is 36.9 Å². The van der Waals surface area contributed by atoms with Crippen LogP contribution in [0.1, 0.15) is 26.3 Å². The molecule has 18 heavy (non-hydrogen) atoms. The molecule has 96 valence electrons. The van der Waals surface area contributed by atoms with Crippen LogP contribution < -0.4 is 5.32 Å². The highest BCUT2D eigenvalue weighted by molar-refractivity contribution is 6.31. The highest BCUT2D eigenvalue weighted by atomic mass is 35.5. The van der Waals surface area contributed by atoms with Crippen molar-refractivity contribution in [1.29, 1.82) is 0 Å². The Kier molecular flexibility index (Phi) is 3.73. The molecule has 0 saturated heterocycles. The molecule has 0 fully saturated rings. The van der Waals surface area contributed by atoms with E-state index in [0.29, 0.717) is 0 Å². The van der Waals surface area contributed by atoms with Crippen LogP contribution in [-0.2, 0) is 6.54 Å². The summed E-state index contributed by atoms with van der Waals surface area (Å²) in [5.74, 6) is 0. The van der Waals surface area contributed by atoms with Crippen LogP contribution in [0.5, 0.6) is 0 Å². The number of imidazole rings is 1. The van der Waals surface area contributed by atoms with Crippen LogP contribution in [0.2, 0.25) is 5.02 Å². The molecule has 1 N–H and O–H groups in total. The third kappa shape index (κ3) is 3.34. The van der Waals surface area contributed by atoms with Crippen LogP contribution in [0.3, 0.4) is 0 Å². The number of aromatic nitrogens is 2. The average Bonchev–Trinajstić information content (AvgIpc) is 2.79. The van der Waals surface area contributed by atoms with E-state index in [2.05, 4.69) is 37.1 Å². The van der Waals surface area contributed by atoms with Gasteiger partial charge in [0.25, 0.3) is 0 Å². The van der Waals surface area contributed by atoms with Crippen LogP contribution in [0.25, 0.3) is 5.69 Å². The maximum Gasteiger partial charge on any atom is 0.0991 e. The normalized spacial score (nSPS) is 11.8. The second-order valence-corrected chi connectivity index (χ2v) is 5.76. The maximum atomic E-state index is 6.30. The minimum Gasteiger partial charge on any atom is -0.308 e. The Morgan fingerprint density at radius 3 is 2.67 bits per heavy atom. The number of rotatable bonds is 3. The Bertz CT molecular complexity index is 512. The van der Waals surface area contributed by atoms with Gasteiger partial charge in [-0.2, -0.15) is 0 Å². The number of nitrogens with one attached hydrogen (secondary N) is 1. The van der Waals surface area contributed by atoms with E-state index < -0.39 is 0 Å². The van der Waals surface area contributed by atoms with E-state index in [1.807, 2.05) is 22.9 Å². The quantitative estimate of drug-likeness (QED) is 0.920. The highest BCUT2D eigenvalue weighted by Gasteiger charge is 2.10. The molecular formula is C14H18ClN3. The van der Waals surface area contributed by atoms with Gasteiger partial charge in [-0.3, -0.25) is 0 Å². The summed E-state index contributed by atoms with van der Waals surface area (Å²) >= 11 is 6.30. The number of halogens is 1. The zero-order chi connectivity index (χ0) is 13.2. The van der Waals surface area contributed by atoms with E-state index in [-0.39, 0.29) is 5.54 Å². The van der Waals surface area contributed by atoms with Crippen molar-refractivity contribution in [2.75, 3.05) is 0 Å². The van der Waals surface area contributed by atoms with E-state index in [1.54, 1.807) is 12.5 Å². The first-order valence-electron chi connectivity index (χ1n) is 5.97. The van der Waals surface area contributed by atoms with Gasteiger partial charge in [0.15, 0.2) is 0 Å². The Morgan fingerprint density at radius 1 is 1.33 bits per heavy atom. The number of nitrogens with zero attached hydrogens (tertiary/aromatic N) is 2. The molecule has 1 aromatic carbocycles. The summed E-state index contributed by atoms with van der Waals surface area (Å²) in [4.78, 5) is 4.03. The van der Waals surface area contributed by atoms with E-state index in [1.165, 1.54) is 0 Å². The van der Waals surface area contributed by atoms with Crippen molar-refractivity contribution in [1.82, 2.24) is 14.9 Å². The van der Waals surface area contributed by atoms with Crippen molar-refractivity contribution in [3.8, 4) is 5.69 Å². The Balaban J connectivity index is 2.16. The third-order valence-electron chi connectivity index (χ3n) is 2.65. The monoisotopic (exact) mass is 263 g/mol. The van der Waals surface area contributed by atoms with Gasteiger partial charge in [0.1, 0.15) is 0 Å². The fourth-order valence-electron chi connectivity index (χ4n) is 1.61. The third-order valence-corrected chi connectivity index (χ3v) is 3.00. The van der Waals surface area contributed by atoms with Gasteiger partial charge in [-0.25, -0.2) is 4.98 Å². The average molecular weight is 264 g/mol. The molecule has 0 atom stereocenters. The Labute approximate surface area is 113 Å². The molecule has 0 aliphatic rings. The van der Waals surface area contributed by atoms with E-state index in [9.17, 15) is 0 Å². The summed E-state index contributed by atoms with van der Waals surface area (Å²) < 4.78 is 1.94. The van der Waals surface area contributed by atoms with E-state index in [0.717, 1.165) is 22.8 Å². The van der Waals surface area contributed by atoms with Crippen LogP contribution in [-0.4, -0.2) is 15.1 Å². The zero-order valence-electron chi connectivity index (χ0n) is 10.9. The molecule has 0 unspecified atom stereocenters. The molecule has 2 aromatic rings. The molecule has 0 aliphatic carbocycles. The summed E-state index contributed by atoms with van der Waals surface area (Å²) in [6.45, 7) is 7.19. The number of benzene rings is 1. The van der Waals surface area contributed by atoms with Crippen molar-refractivity contribution < 1.29 is 0 Å². The second-order valence-electron chi connectivity index (χ2n) is 5.35. The van der Waals surface area contributed by atoms with Gasteiger partial charge in [-0.1, -0.05) is 17.7 Å². The van der Waals surface area contributed by atoms with Gasteiger partial charge >= 0.3 is 0 Å². The van der Waals surface area contributed by atoms with Gasteiger partial charge in [0, 0.05) is 35.2 Å². The molecule has 0 amide bonds. The van der Waals surface area contributed by atoms with Gasteiger partial charge in [0.05, 0.1) is 6.33 Å². The largest absolute Gasteiger partial charge is 0.308 e. The maximum absolute atomic E-state index is 6.30. The van der Waals surface area contributed by atoms with Crippen molar-refractivity contribution in [3.05, 3.63) is 47.5 Å². The van der Waals surface area contributed by atoms with Crippen LogP contribution in [0.4, 0.5) is 0 Å². The van der Waals surface area contributed by atoms with E-state index >= 15 is 0 Å². The molecule has 1 aromatic heterocycles. The lowest BCUT2D eigenvalue weighted by Gasteiger charge is -2.21. The zero-order valence-corrected chi connectivity index (χ0v) is 11.7. The molecule has 2 rings (SSSR count). The molecule has 0 spiro atoms. The molecule has 0 bridgehead atoms. The predicted octanol–water partition coefficient (Wildman–Crippen LogP) is 3.41. The number of hydrogen-bond donors (Lipinski definition) is 1. The van der Waals surface area contributed by atoms with Crippen molar-refractivity contribution >= 4 is 11.6 Å². The van der Waals surface area contributed by atoms with Crippen molar-refractivity contribution in [3.63, 3.8) is 0 Å². The predicted molar refractivity (Wildman–Crippen MR) is 75.2 cm³/mol. The SMILES string of the molecule is CC(C)(C)NCc1ccc(-n2ccnc2)cc1Cl. The smallest absolute Gasteiger partial charge is 0.0991 e. The van der Waals surface area contributed by atoms with Crippen LogP contribution >= 0.6 is 11.6 Å². The van der Waals surface area contributed by atoms with Crippen LogP contribution in [0, 0.1) is 0 Å². The molecule has 4 heteroatoms. The van der Waals surface area contributed by atoms with Gasteiger partial charge in [-0.05, 0) is 38.5 Å². The highest BCUT2D eigenvalue weighted by Crippen LogP contribution is 2.20. The fourth-order valence-corrected chi connectivity index (χ4v) is 1.85. The summed E-state index contributed by atoms with van der Waals surface area (Å²) in [5, 5.41) is 4.21. The van der Waals surface area contributed by atoms with E-state index in [4.69, 9.17) is 11.6 Å². The lowest BCUT2D eigenvalue weighted by atomic mass is 10.1. The minimum atomic E-state index is 0.0896. The molecule has 0 aliphatic heterocycles. The summed E-state index contributed by atoms with van der Waals surface area (Å²) in [5.41, 5.74) is 2.22. The summed E-state index contributed by atoms with van der Waals surface area (Å²) in [7, 11) is 0. The lowest BCUT2D eigenvalue weighted by Crippen LogP contribution is -2.35. The second kappa shape index (κ2) is 5.12. The molecular weight excluding hydrogens is 246 g/mol. The molecule has 1 heterocycles. The molecule has 0 radical (unpaired) electrons. The Morgan fingerprint density at radius 2 is 2.11 bits per heavy atom. The van der Waals surface area contributed by atoms with Crippen molar-refractivity contribution in [2.45, 2.75) is 32.9 Å². The van der Waals surface area contributed by atoms with Gasteiger partial charge in [-0.15, -0.1) is 0 Å². The standard InChI is InChI=1S/C14H18ClN3/c1-14(2,3)17-9-11-4-5-12(8-13(11)15)18-7-6-16-10-18/h4-8,10,17H,9H2,1-3H3. The van der Waals surface area contributed by atoms with Gasteiger partial charge in [0.2, 0.25) is 0 Å². The molecule has 0 saturated carbocycles. The Hall–Kier alpha value is -1.32. The van der Waals surface area contributed by atoms with Crippen molar-refractivity contribution in [2.24, 2.45) is 0 Å². The fraction of sp³-hybridized carbons (Fsp3) is 0.357. The summed E-state index contributed by atoms with van der Waals surface area (Å²) in [6, 6.07) is 6.06. The first-order valence-corrected chi connectivity index (χ1v) is 6.35.